The third-order valence-corrected chi connectivity index (χ3v) is 2.99. The second-order valence-electron chi connectivity index (χ2n) is 4.72. The number of ketones is 1. The van der Waals surface area contributed by atoms with E-state index in [9.17, 15) is 9.59 Å². The molecule has 0 spiro atoms. The van der Waals surface area contributed by atoms with E-state index in [0.717, 1.165) is 0 Å². The Morgan fingerprint density at radius 3 is 1.79 bits per heavy atom. The van der Waals surface area contributed by atoms with Crippen LogP contribution >= 0.6 is 0 Å². The molecule has 0 aromatic heterocycles. The van der Waals surface area contributed by atoms with Crippen LogP contribution in [0.15, 0.2) is 0 Å². The Kier molecular flexibility index (Phi) is 4.30. The molecule has 0 heterocycles. The van der Waals surface area contributed by atoms with Crippen LogP contribution in [-0.4, -0.2) is 17.7 Å². The van der Waals surface area contributed by atoms with Gasteiger partial charge in [-0.15, -0.1) is 0 Å². The van der Waals surface area contributed by atoms with Crippen molar-refractivity contribution in [3.8, 4) is 0 Å². The minimum absolute atomic E-state index is 0.0129. The largest absolute Gasteiger partial charge is 0.346 e. The second kappa shape index (κ2) is 4.58. The lowest BCUT2D eigenvalue weighted by Crippen LogP contribution is -2.50. The van der Waals surface area contributed by atoms with Crippen molar-refractivity contribution in [2.24, 2.45) is 11.3 Å². The van der Waals surface area contributed by atoms with Gasteiger partial charge in [0, 0.05) is 6.92 Å². The molecule has 0 saturated carbocycles. The SMILES string of the molecule is CC(=O)N[C@@H](C(C)=O)C(C)(C)C(C)C. The van der Waals surface area contributed by atoms with Gasteiger partial charge in [0.05, 0.1) is 6.04 Å². The maximum Gasteiger partial charge on any atom is 0.217 e. The smallest absolute Gasteiger partial charge is 0.217 e. The first-order valence-electron chi connectivity index (χ1n) is 4.97. The van der Waals surface area contributed by atoms with E-state index in [1.807, 2.05) is 13.8 Å². The molecule has 3 heteroatoms. The highest BCUT2D eigenvalue weighted by Crippen LogP contribution is 2.30. The van der Waals surface area contributed by atoms with Crippen LogP contribution in [0, 0.1) is 11.3 Å². The Balaban J connectivity index is 4.81. The van der Waals surface area contributed by atoms with Gasteiger partial charge in [-0.05, 0) is 18.3 Å². The summed E-state index contributed by atoms with van der Waals surface area (Å²) < 4.78 is 0. The van der Waals surface area contributed by atoms with E-state index in [-0.39, 0.29) is 23.1 Å². The molecule has 0 unspecified atom stereocenters. The molecule has 0 saturated heterocycles. The van der Waals surface area contributed by atoms with Crippen molar-refractivity contribution in [1.29, 1.82) is 0 Å². The Labute approximate surface area is 86.3 Å². The van der Waals surface area contributed by atoms with Crippen LogP contribution in [0.25, 0.3) is 0 Å². The van der Waals surface area contributed by atoms with Gasteiger partial charge in [0.2, 0.25) is 5.91 Å². The fourth-order valence-electron chi connectivity index (χ4n) is 1.35. The maximum atomic E-state index is 11.4. The van der Waals surface area contributed by atoms with Gasteiger partial charge in [0.1, 0.15) is 0 Å². The molecule has 0 fully saturated rings. The molecule has 0 aromatic carbocycles. The van der Waals surface area contributed by atoms with Crippen molar-refractivity contribution in [1.82, 2.24) is 5.32 Å². The lowest BCUT2D eigenvalue weighted by Gasteiger charge is -2.36. The molecule has 1 amide bonds. The third-order valence-electron chi connectivity index (χ3n) is 2.99. The van der Waals surface area contributed by atoms with Crippen LogP contribution in [0.1, 0.15) is 41.5 Å². The monoisotopic (exact) mass is 199 g/mol. The first-order valence-corrected chi connectivity index (χ1v) is 4.97. The molecule has 3 nitrogen and oxygen atoms in total. The molecule has 0 aliphatic carbocycles. The highest BCUT2D eigenvalue weighted by atomic mass is 16.2. The molecule has 0 aliphatic heterocycles. The summed E-state index contributed by atoms with van der Waals surface area (Å²) in [5, 5.41) is 2.71. The van der Waals surface area contributed by atoms with Gasteiger partial charge < -0.3 is 5.32 Å². The summed E-state index contributed by atoms with van der Waals surface area (Å²) in [6.07, 6.45) is 0. The summed E-state index contributed by atoms with van der Waals surface area (Å²) in [5.41, 5.74) is -0.211. The van der Waals surface area contributed by atoms with E-state index >= 15 is 0 Å². The zero-order valence-corrected chi connectivity index (χ0v) is 9.97. The van der Waals surface area contributed by atoms with Crippen LogP contribution in [0.2, 0.25) is 0 Å². The molecule has 14 heavy (non-hydrogen) atoms. The summed E-state index contributed by atoms with van der Waals surface area (Å²) in [5.74, 6) is 0.195. The summed E-state index contributed by atoms with van der Waals surface area (Å²) in [6, 6.07) is -0.389. The van der Waals surface area contributed by atoms with E-state index < -0.39 is 0 Å². The van der Waals surface area contributed by atoms with Crippen LogP contribution in [0.5, 0.6) is 0 Å². The van der Waals surface area contributed by atoms with E-state index in [4.69, 9.17) is 0 Å². The molecule has 0 radical (unpaired) electrons. The number of nitrogens with one attached hydrogen (secondary N) is 1. The van der Waals surface area contributed by atoms with Gasteiger partial charge in [-0.3, -0.25) is 9.59 Å². The average Bonchev–Trinajstić information content (AvgIpc) is 1.98. The standard InChI is InChI=1S/C11H21NO2/c1-7(2)11(5,6)10(8(3)13)12-9(4)14/h7,10H,1-6H3,(H,12,14)/t10-/m0/s1. The van der Waals surface area contributed by atoms with Crippen molar-refractivity contribution in [2.75, 3.05) is 0 Å². The highest BCUT2D eigenvalue weighted by molar-refractivity contribution is 5.87. The molecule has 0 bridgehead atoms. The Bertz CT molecular complexity index is 231. The fraction of sp³-hybridized carbons (Fsp3) is 0.818. The van der Waals surface area contributed by atoms with Gasteiger partial charge in [0.15, 0.2) is 5.78 Å². The van der Waals surface area contributed by atoms with E-state index in [0.29, 0.717) is 5.92 Å². The lowest BCUT2D eigenvalue weighted by atomic mass is 9.73. The summed E-state index contributed by atoms with van der Waals surface area (Å²) in [7, 11) is 0. The van der Waals surface area contributed by atoms with E-state index in [1.165, 1.54) is 13.8 Å². The van der Waals surface area contributed by atoms with Crippen LogP contribution in [0.4, 0.5) is 0 Å². The number of rotatable bonds is 4. The topological polar surface area (TPSA) is 46.2 Å². The second-order valence-corrected chi connectivity index (χ2v) is 4.72. The van der Waals surface area contributed by atoms with Crippen LogP contribution in [0.3, 0.4) is 0 Å². The van der Waals surface area contributed by atoms with Gasteiger partial charge >= 0.3 is 0 Å². The average molecular weight is 199 g/mol. The predicted molar refractivity (Wildman–Crippen MR) is 56.9 cm³/mol. The number of hydrogen-bond acceptors (Lipinski definition) is 2. The number of carbonyl (C=O) groups is 2. The van der Waals surface area contributed by atoms with Gasteiger partial charge in [-0.1, -0.05) is 27.7 Å². The summed E-state index contributed by atoms with van der Waals surface area (Å²) >= 11 is 0. The van der Waals surface area contributed by atoms with Crippen LogP contribution < -0.4 is 5.32 Å². The molecule has 1 N–H and O–H groups in total. The molecule has 1 atom stereocenters. The van der Waals surface area contributed by atoms with Crippen molar-refractivity contribution >= 4 is 11.7 Å². The first kappa shape index (κ1) is 13.1. The van der Waals surface area contributed by atoms with Gasteiger partial charge in [0.25, 0.3) is 0 Å². The summed E-state index contributed by atoms with van der Waals surface area (Å²) in [4.78, 5) is 22.4. The number of carbonyl (C=O) groups excluding carboxylic acids is 2. The van der Waals surface area contributed by atoms with Crippen molar-refractivity contribution < 1.29 is 9.59 Å². The summed E-state index contributed by atoms with van der Waals surface area (Å²) in [6.45, 7) is 11.1. The molecular weight excluding hydrogens is 178 g/mol. The molecule has 0 aliphatic rings. The van der Waals surface area contributed by atoms with Crippen molar-refractivity contribution in [2.45, 2.75) is 47.6 Å². The molecule has 0 rings (SSSR count). The first-order chi connectivity index (χ1) is 6.19. The predicted octanol–water partition coefficient (Wildman–Crippen LogP) is 1.76. The number of amides is 1. The zero-order chi connectivity index (χ0) is 11.5. The minimum Gasteiger partial charge on any atom is -0.346 e. The Morgan fingerprint density at radius 1 is 1.14 bits per heavy atom. The van der Waals surface area contributed by atoms with Crippen molar-refractivity contribution in [3.05, 3.63) is 0 Å². The number of hydrogen-bond donors (Lipinski definition) is 1. The van der Waals surface area contributed by atoms with Gasteiger partial charge in [-0.25, -0.2) is 0 Å². The van der Waals surface area contributed by atoms with Crippen LogP contribution in [-0.2, 0) is 9.59 Å². The van der Waals surface area contributed by atoms with E-state index in [1.54, 1.807) is 0 Å². The lowest BCUT2D eigenvalue weighted by molar-refractivity contribution is -0.129. The van der Waals surface area contributed by atoms with E-state index in [2.05, 4.69) is 19.2 Å². The normalized spacial score (nSPS) is 13.9. The Morgan fingerprint density at radius 2 is 1.57 bits per heavy atom. The maximum absolute atomic E-state index is 11.4. The zero-order valence-electron chi connectivity index (χ0n) is 9.97. The van der Waals surface area contributed by atoms with Gasteiger partial charge in [-0.2, -0.15) is 0 Å². The third kappa shape index (κ3) is 3.13. The molecule has 82 valence electrons. The highest BCUT2D eigenvalue weighted by Gasteiger charge is 2.36. The quantitative estimate of drug-likeness (QED) is 0.750. The number of Topliss-reactive ketones (excluding diaryl/α,β-unsaturated/α-hetero) is 1. The Hall–Kier alpha value is -0.860. The fourth-order valence-corrected chi connectivity index (χ4v) is 1.35. The van der Waals surface area contributed by atoms with Crippen molar-refractivity contribution in [3.63, 3.8) is 0 Å². The molecular formula is C11H21NO2. The molecule has 0 aromatic rings. The minimum atomic E-state index is -0.389.